The van der Waals surface area contributed by atoms with Crippen molar-refractivity contribution in [1.29, 1.82) is 0 Å². The molecule has 31 heavy (non-hydrogen) atoms. The van der Waals surface area contributed by atoms with E-state index in [0.717, 1.165) is 34.5 Å². The molecule has 1 atom stereocenters. The predicted molar refractivity (Wildman–Crippen MR) is 118 cm³/mol. The van der Waals surface area contributed by atoms with Crippen LogP contribution in [0, 0.1) is 0 Å². The third kappa shape index (κ3) is 4.28. The molecule has 1 N–H and O–H groups in total. The summed E-state index contributed by atoms with van der Waals surface area (Å²) < 4.78 is 1.86. The van der Waals surface area contributed by atoms with Gasteiger partial charge in [-0.15, -0.1) is 10.2 Å². The highest BCUT2D eigenvalue weighted by Crippen LogP contribution is 2.30. The number of benzene rings is 2. The Bertz CT molecular complexity index is 1160. The summed E-state index contributed by atoms with van der Waals surface area (Å²) in [6.45, 7) is 6.62. The Morgan fingerprint density at radius 3 is 2.45 bits per heavy atom. The maximum Gasteiger partial charge on any atom is 0.217 e. The van der Waals surface area contributed by atoms with E-state index in [0.29, 0.717) is 24.6 Å². The molecular weight excluding hydrogens is 390 g/mol. The second-order valence-electron chi connectivity index (χ2n) is 7.53. The Hall–Kier alpha value is -3.68. The summed E-state index contributed by atoms with van der Waals surface area (Å²) in [5.41, 5.74) is 4.15. The van der Waals surface area contributed by atoms with E-state index in [1.807, 2.05) is 35.9 Å². The zero-order valence-corrected chi connectivity index (χ0v) is 17.9. The first-order valence-corrected chi connectivity index (χ1v) is 10.5. The second kappa shape index (κ2) is 8.99. The molecule has 8 heteroatoms. The van der Waals surface area contributed by atoms with Crippen LogP contribution in [0.3, 0.4) is 0 Å². The summed E-state index contributed by atoms with van der Waals surface area (Å²) >= 11 is 0. The van der Waals surface area contributed by atoms with E-state index in [2.05, 4.69) is 68.8 Å². The van der Waals surface area contributed by atoms with Crippen LogP contribution in [-0.4, -0.2) is 41.2 Å². The van der Waals surface area contributed by atoms with Crippen LogP contribution < -0.4 is 0 Å². The number of Topliss-reactive ketones (excluding diaryl/α,β-unsaturated/α-hetero) is 1. The number of nitrogens with zero attached hydrogens (tertiary/aromatic N) is 6. The number of hydrogen-bond donors (Lipinski definition) is 1. The lowest BCUT2D eigenvalue weighted by Gasteiger charge is -2.11. The van der Waals surface area contributed by atoms with Crippen LogP contribution in [0.5, 0.6) is 0 Å². The van der Waals surface area contributed by atoms with Gasteiger partial charge in [0.2, 0.25) is 11.6 Å². The lowest BCUT2D eigenvalue weighted by molar-refractivity contribution is 0.0978. The average Bonchev–Trinajstić information content (AvgIpc) is 3.49. The number of hydrogen-bond acceptors (Lipinski definition) is 6. The minimum atomic E-state index is -0.0304. The van der Waals surface area contributed by atoms with Crippen molar-refractivity contribution in [3.63, 3.8) is 0 Å². The van der Waals surface area contributed by atoms with Gasteiger partial charge in [-0.25, -0.2) is 14.8 Å². The van der Waals surface area contributed by atoms with Gasteiger partial charge in [0, 0.05) is 17.9 Å². The van der Waals surface area contributed by atoms with Crippen molar-refractivity contribution in [2.75, 3.05) is 0 Å². The Morgan fingerprint density at radius 2 is 1.81 bits per heavy atom. The van der Waals surface area contributed by atoms with E-state index in [1.54, 1.807) is 0 Å². The van der Waals surface area contributed by atoms with Crippen molar-refractivity contribution in [3.05, 3.63) is 65.7 Å². The number of carbonyl (C=O) groups excluding carboxylic acids is 1. The molecule has 0 aliphatic carbocycles. The maximum atomic E-state index is 12.1. The smallest absolute Gasteiger partial charge is 0.217 e. The molecule has 0 spiro atoms. The minimum absolute atomic E-state index is 0.0304. The normalized spacial score (nSPS) is 12.1. The molecule has 0 bridgehead atoms. The van der Waals surface area contributed by atoms with Gasteiger partial charge in [0.05, 0.1) is 6.54 Å². The van der Waals surface area contributed by atoms with Crippen molar-refractivity contribution in [3.8, 4) is 22.5 Å². The zero-order chi connectivity index (χ0) is 21.8. The number of rotatable bonds is 8. The van der Waals surface area contributed by atoms with Crippen LogP contribution in [0.4, 0.5) is 0 Å². The van der Waals surface area contributed by atoms with Gasteiger partial charge in [-0.2, -0.15) is 0 Å². The van der Waals surface area contributed by atoms with E-state index >= 15 is 0 Å². The summed E-state index contributed by atoms with van der Waals surface area (Å²) in [5, 5.41) is 18.7. The summed E-state index contributed by atoms with van der Waals surface area (Å²) in [4.78, 5) is 16.7. The Kier molecular flexibility index (Phi) is 5.97. The molecule has 8 nitrogen and oxygen atoms in total. The van der Waals surface area contributed by atoms with E-state index < -0.39 is 0 Å². The van der Waals surface area contributed by atoms with Crippen molar-refractivity contribution in [1.82, 2.24) is 35.4 Å². The molecule has 2 aromatic heterocycles. The first-order chi connectivity index (χ1) is 15.1. The van der Waals surface area contributed by atoms with E-state index in [1.165, 1.54) is 0 Å². The molecule has 4 aromatic rings. The fourth-order valence-corrected chi connectivity index (χ4v) is 3.47. The second-order valence-corrected chi connectivity index (χ2v) is 7.53. The van der Waals surface area contributed by atoms with Crippen molar-refractivity contribution in [2.45, 2.75) is 46.1 Å². The van der Waals surface area contributed by atoms with Gasteiger partial charge in [0.1, 0.15) is 5.82 Å². The van der Waals surface area contributed by atoms with Crippen molar-refractivity contribution >= 4 is 5.78 Å². The average molecular weight is 416 g/mol. The fraction of sp³-hybridized carbons (Fsp3) is 0.304. The minimum Gasteiger partial charge on any atom is -0.291 e. The van der Waals surface area contributed by atoms with Gasteiger partial charge in [-0.3, -0.25) is 4.79 Å². The van der Waals surface area contributed by atoms with Gasteiger partial charge < -0.3 is 0 Å². The summed E-state index contributed by atoms with van der Waals surface area (Å²) in [5.74, 6) is 1.99. The van der Waals surface area contributed by atoms with Gasteiger partial charge >= 0.3 is 0 Å². The lowest BCUT2D eigenvalue weighted by atomic mass is 9.98. The quantitative estimate of drug-likeness (QED) is 0.431. The number of aromatic nitrogens is 7. The number of nitrogens with one attached hydrogen (secondary N) is 1. The van der Waals surface area contributed by atoms with Crippen LogP contribution in [0.1, 0.15) is 61.5 Å². The van der Waals surface area contributed by atoms with Gasteiger partial charge in [0.15, 0.2) is 5.82 Å². The van der Waals surface area contributed by atoms with E-state index in [9.17, 15) is 4.79 Å². The molecule has 4 rings (SSSR count). The maximum absolute atomic E-state index is 12.1. The molecule has 0 fully saturated rings. The monoisotopic (exact) mass is 415 g/mol. The molecule has 2 heterocycles. The summed E-state index contributed by atoms with van der Waals surface area (Å²) in [7, 11) is 0. The number of aromatic amines is 1. The van der Waals surface area contributed by atoms with Crippen LogP contribution in [0.25, 0.3) is 22.5 Å². The molecule has 0 radical (unpaired) electrons. The summed E-state index contributed by atoms with van der Waals surface area (Å²) in [6.07, 6.45) is 1.34. The van der Waals surface area contributed by atoms with E-state index in [-0.39, 0.29) is 11.7 Å². The van der Waals surface area contributed by atoms with Crippen molar-refractivity contribution in [2.24, 2.45) is 0 Å². The number of ketones is 1. The highest BCUT2D eigenvalue weighted by Gasteiger charge is 2.19. The van der Waals surface area contributed by atoms with Crippen LogP contribution in [0.15, 0.2) is 48.5 Å². The lowest BCUT2D eigenvalue weighted by Crippen LogP contribution is -2.09. The molecule has 0 saturated heterocycles. The highest BCUT2D eigenvalue weighted by atomic mass is 16.1. The first kappa shape index (κ1) is 20.6. The fourth-order valence-electron chi connectivity index (χ4n) is 3.47. The standard InChI is InChI=1S/C23H25N7O/c1-4-15(3)23-24-22(20(31)5-2)27-30(23)14-16-10-12-17(13-11-16)18-8-6-7-9-19(18)21-25-28-29-26-21/h6-13,15H,4-5,14H2,1-3H3,(H,25,26,28,29). The first-order valence-electron chi connectivity index (χ1n) is 10.5. The molecule has 2 aromatic carbocycles. The predicted octanol–water partition coefficient (Wildman–Crippen LogP) is 4.28. The molecule has 0 aliphatic heterocycles. The third-order valence-electron chi connectivity index (χ3n) is 5.45. The summed E-state index contributed by atoms with van der Waals surface area (Å²) in [6, 6.07) is 16.3. The van der Waals surface area contributed by atoms with Crippen molar-refractivity contribution < 1.29 is 4.79 Å². The van der Waals surface area contributed by atoms with Gasteiger partial charge in [-0.1, -0.05) is 69.3 Å². The number of carbonyl (C=O) groups is 1. The SMILES string of the molecule is CCC(=O)c1nc(C(C)CC)n(Cc2ccc(-c3ccccc3-c3nnn[nH]3)cc2)n1. The molecule has 0 saturated carbocycles. The largest absolute Gasteiger partial charge is 0.291 e. The highest BCUT2D eigenvalue weighted by molar-refractivity contribution is 5.92. The third-order valence-corrected chi connectivity index (χ3v) is 5.45. The Balaban J connectivity index is 1.62. The molecule has 0 aliphatic rings. The van der Waals surface area contributed by atoms with Crippen LogP contribution in [0.2, 0.25) is 0 Å². The number of tetrazole rings is 1. The Morgan fingerprint density at radius 1 is 1.06 bits per heavy atom. The number of H-pyrrole nitrogens is 1. The topological polar surface area (TPSA) is 102 Å². The molecule has 0 amide bonds. The van der Waals surface area contributed by atoms with E-state index in [4.69, 9.17) is 0 Å². The van der Waals surface area contributed by atoms with Gasteiger partial charge in [0.25, 0.3) is 0 Å². The zero-order valence-electron chi connectivity index (χ0n) is 17.9. The molecule has 1 unspecified atom stereocenters. The Labute approximate surface area is 180 Å². The molecule has 158 valence electrons. The molecular formula is C23H25N7O. The van der Waals surface area contributed by atoms with Gasteiger partial charge in [-0.05, 0) is 33.5 Å². The van der Waals surface area contributed by atoms with Crippen LogP contribution >= 0.6 is 0 Å². The van der Waals surface area contributed by atoms with Crippen LogP contribution in [-0.2, 0) is 6.54 Å².